The van der Waals surface area contributed by atoms with Crippen LogP contribution < -0.4 is 10.6 Å². The van der Waals surface area contributed by atoms with E-state index in [9.17, 15) is 5.11 Å². The number of hydrogen-bond donors (Lipinski definition) is 3. The maximum atomic E-state index is 10.3. The number of halogens is 2. The number of guanidine groups is 1. The molecule has 1 aromatic rings. The standard InChI is InChI=1S/C15H22ClN3OS.HI/c1-2-17-14(19-10-15(20)7-8-21-11-15)18-9-12-3-5-13(16)6-4-12;/h3-6,20H,2,7-11H2,1H3,(H2,17,18,19);1H. The van der Waals surface area contributed by atoms with Gasteiger partial charge in [0.1, 0.15) is 0 Å². The molecule has 0 aromatic heterocycles. The third kappa shape index (κ3) is 6.52. The van der Waals surface area contributed by atoms with Gasteiger partial charge in [0, 0.05) is 23.9 Å². The molecule has 1 saturated heterocycles. The van der Waals surface area contributed by atoms with Crippen LogP contribution in [0.2, 0.25) is 5.02 Å². The Morgan fingerprint density at radius 1 is 1.36 bits per heavy atom. The molecule has 1 aromatic carbocycles. The molecular weight excluding hydrogens is 433 g/mol. The number of aliphatic hydroxyl groups is 1. The summed E-state index contributed by atoms with van der Waals surface area (Å²) in [6.07, 6.45) is 0.835. The Bertz CT molecular complexity index is 478. The number of nitrogens with zero attached hydrogens (tertiary/aromatic N) is 1. The highest BCUT2D eigenvalue weighted by atomic mass is 127. The molecule has 7 heteroatoms. The van der Waals surface area contributed by atoms with E-state index in [1.54, 1.807) is 11.8 Å². The van der Waals surface area contributed by atoms with Crippen LogP contribution in [0.15, 0.2) is 29.3 Å². The van der Waals surface area contributed by atoms with Crippen molar-refractivity contribution < 1.29 is 5.11 Å². The number of nitrogens with one attached hydrogen (secondary N) is 2. The fraction of sp³-hybridized carbons (Fsp3) is 0.533. The zero-order valence-electron chi connectivity index (χ0n) is 12.6. The molecule has 1 aliphatic rings. The highest BCUT2D eigenvalue weighted by molar-refractivity contribution is 14.0. The van der Waals surface area contributed by atoms with Gasteiger partial charge in [-0.1, -0.05) is 23.7 Å². The number of hydrogen-bond acceptors (Lipinski definition) is 3. The molecule has 2 rings (SSSR count). The number of aliphatic imine (C=N–C) groups is 1. The molecule has 0 amide bonds. The van der Waals surface area contributed by atoms with Crippen LogP contribution in [0, 0.1) is 0 Å². The molecule has 22 heavy (non-hydrogen) atoms. The zero-order valence-corrected chi connectivity index (χ0v) is 16.5. The fourth-order valence-electron chi connectivity index (χ4n) is 2.09. The van der Waals surface area contributed by atoms with Gasteiger partial charge in [-0.15, -0.1) is 24.0 Å². The number of thioether (sulfide) groups is 1. The van der Waals surface area contributed by atoms with E-state index < -0.39 is 5.60 Å². The van der Waals surface area contributed by atoms with Gasteiger partial charge in [-0.05, 0) is 36.8 Å². The lowest BCUT2D eigenvalue weighted by Crippen LogP contribution is -2.47. The van der Waals surface area contributed by atoms with Crippen LogP contribution in [-0.2, 0) is 6.54 Å². The van der Waals surface area contributed by atoms with Crippen molar-refractivity contribution in [2.75, 3.05) is 24.6 Å². The largest absolute Gasteiger partial charge is 0.387 e. The third-order valence-electron chi connectivity index (χ3n) is 3.34. The molecule has 0 saturated carbocycles. The lowest BCUT2D eigenvalue weighted by Gasteiger charge is -2.23. The third-order valence-corrected chi connectivity index (χ3v) is 4.83. The molecule has 0 bridgehead atoms. The van der Waals surface area contributed by atoms with Crippen molar-refractivity contribution in [1.29, 1.82) is 0 Å². The van der Waals surface area contributed by atoms with E-state index >= 15 is 0 Å². The summed E-state index contributed by atoms with van der Waals surface area (Å²) in [6.45, 7) is 3.94. The van der Waals surface area contributed by atoms with Crippen LogP contribution in [-0.4, -0.2) is 41.3 Å². The van der Waals surface area contributed by atoms with Crippen molar-refractivity contribution in [3.05, 3.63) is 34.9 Å². The van der Waals surface area contributed by atoms with E-state index in [1.807, 2.05) is 31.2 Å². The topological polar surface area (TPSA) is 56.7 Å². The summed E-state index contributed by atoms with van der Waals surface area (Å²) < 4.78 is 0. The van der Waals surface area contributed by atoms with E-state index in [0.29, 0.717) is 13.1 Å². The van der Waals surface area contributed by atoms with E-state index in [-0.39, 0.29) is 24.0 Å². The van der Waals surface area contributed by atoms with Gasteiger partial charge in [0.05, 0.1) is 12.1 Å². The first-order valence-electron chi connectivity index (χ1n) is 7.18. The number of benzene rings is 1. The second-order valence-electron chi connectivity index (χ2n) is 5.20. The SMILES string of the molecule is CCNC(=NCc1ccc(Cl)cc1)NCC1(O)CCSC1.I. The van der Waals surface area contributed by atoms with Crippen molar-refractivity contribution in [2.24, 2.45) is 4.99 Å². The lowest BCUT2D eigenvalue weighted by molar-refractivity contribution is 0.0724. The van der Waals surface area contributed by atoms with E-state index in [1.165, 1.54) is 0 Å². The Hall–Kier alpha value is -0.180. The average molecular weight is 456 g/mol. The zero-order chi connectivity index (χ0) is 15.1. The molecule has 124 valence electrons. The minimum absolute atomic E-state index is 0. The minimum atomic E-state index is -0.610. The highest BCUT2D eigenvalue weighted by Gasteiger charge is 2.31. The first kappa shape index (κ1) is 19.9. The van der Waals surface area contributed by atoms with Crippen LogP contribution in [0.3, 0.4) is 0 Å². The molecule has 4 nitrogen and oxygen atoms in total. The number of rotatable bonds is 5. The van der Waals surface area contributed by atoms with Crippen molar-refractivity contribution in [2.45, 2.75) is 25.5 Å². The molecule has 0 spiro atoms. The van der Waals surface area contributed by atoms with Crippen LogP contribution in [0.1, 0.15) is 18.9 Å². The molecule has 1 atom stereocenters. The van der Waals surface area contributed by atoms with E-state index in [0.717, 1.165) is 41.0 Å². The van der Waals surface area contributed by atoms with Crippen LogP contribution in [0.4, 0.5) is 0 Å². The summed E-state index contributed by atoms with van der Waals surface area (Å²) in [5.41, 5.74) is 0.493. The summed E-state index contributed by atoms with van der Waals surface area (Å²) in [6, 6.07) is 7.67. The summed E-state index contributed by atoms with van der Waals surface area (Å²) in [5, 5.41) is 17.5. The van der Waals surface area contributed by atoms with Crippen LogP contribution in [0.5, 0.6) is 0 Å². The Balaban J connectivity index is 0.00000242. The van der Waals surface area contributed by atoms with Crippen molar-refractivity contribution in [1.82, 2.24) is 10.6 Å². The highest BCUT2D eigenvalue weighted by Crippen LogP contribution is 2.26. The van der Waals surface area contributed by atoms with Gasteiger partial charge in [0.15, 0.2) is 5.96 Å². The molecule has 1 heterocycles. The van der Waals surface area contributed by atoms with Gasteiger partial charge in [0.2, 0.25) is 0 Å². The Morgan fingerprint density at radius 2 is 2.09 bits per heavy atom. The van der Waals surface area contributed by atoms with E-state index in [4.69, 9.17) is 11.6 Å². The predicted octanol–water partition coefficient (Wildman–Crippen LogP) is 2.88. The molecule has 0 aliphatic carbocycles. The van der Waals surface area contributed by atoms with E-state index in [2.05, 4.69) is 15.6 Å². The molecule has 0 radical (unpaired) electrons. The van der Waals surface area contributed by atoms with Crippen molar-refractivity contribution >= 4 is 53.3 Å². The first-order valence-corrected chi connectivity index (χ1v) is 8.71. The lowest BCUT2D eigenvalue weighted by atomic mass is 10.0. The fourth-order valence-corrected chi connectivity index (χ4v) is 3.51. The van der Waals surface area contributed by atoms with Gasteiger partial charge in [-0.2, -0.15) is 11.8 Å². The minimum Gasteiger partial charge on any atom is -0.387 e. The predicted molar refractivity (Wildman–Crippen MR) is 107 cm³/mol. The maximum absolute atomic E-state index is 10.3. The summed E-state index contributed by atoms with van der Waals surface area (Å²) in [4.78, 5) is 4.54. The Morgan fingerprint density at radius 3 is 2.68 bits per heavy atom. The summed E-state index contributed by atoms with van der Waals surface area (Å²) >= 11 is 7.67. The maximum Gasteiger partial charge on any atom is 0.191 e. The van der Waals surface area contributed by atoms with Gasteiger partial charge in [-0.25, -0.2) is 4.99 Å². The summed E-state index contributed by atoms with van der Waals surface area (Å²) in [5.74, 6) is 2.55. The Labute approximate surface area is 158 Å². The summed E-state index contributed by atoms with van der Waals surface area (Å²) in [7, 11) is 0. The van der Waals surface area contributed by atoms with Crippen molar-refractivity contribution in [3.8, 4) is 0 Å². The smallest absolute Gasteiger partial charge is 0.191 e. The van der Waals surface area contributed by atoms with Crippen LogP contribution in [0.25, 0.3) is 0 Å². The molecule has 1 unspecified atom stereocenters. The van der Waals surface area contributed by atoms with Gasteiger partial charge >= 0.3 is 0 Å². The van der Waals surface area contributed by atoms with Gasteiger partial charge in [-0.3, -0.25) is 0 Å². The Kier molecular flexibility index (Phi) is 8.89. The van der Waals surface area contributed by atoms with Crippen LogP contribution >= 0.6 is 47.3 Å². The normalized spacial score (nSPS) is 21.3. The van der Waals surface area contributed by atoms with Gasteiger partial charge in [0.25, 0.3) is 0 Å². The molecular formula is C15H23ClIN3OS. The van der Waals surface area contributed by atoms with Gasteiger partial charge < -0.3 is 15.7 Å². The molecule has 3 N–H and O–H groups in total. The first-order chi connectivity index (χ1) is 10.1. The van der Waals surface area contributed by atoms with Crippen molar-refractivity contribution in [3.63, 3.8) is 0 Å². The molecule has 1 fully saturated rings. The quantitative estimate of drug-likeness (QED) is 0.363. The molecule has 1 aliphatic heterocycles. The second kappa shape index (κ2) is 9.85. The monoisotopic (exact) mass is 455 g/mol. The average Bonchev–Trinajstić information content (AvgIpc) is 2.91. The second-order valence-corrected chi connectivity index (χ2v) is 6.74.